The number of benzene rings is 1. The largest absolute Gasteiger partial charge is 0.480 e. The van der Waals surface area contributed by atoms with Crippen LogP contribution in [0.25, 0.3) is 0 Å². The number of nitrogens with zero attached hydrogens (tertiary/aromatic N) is 1. The maximum Gasteiger partial charge on any atom is 0.323 e. The minimum absolute atomic E-state index is 0.0853. The molecule has 1 heterocycles. The number of carboxylic acids is 1. The van der Waals surface area contributed by atoms with Crippen molar-refractivity contribution in [2.24, 2.45) is 0 Å². The lowest BCUT2D eigenvalue weighted by molar-refractivity contribution is -0.135. The third-order valence-electron chi connectivity index (χ3n) is 3.01. The predicted molar refractivity (Wildman–Crippen MR) is 71.7 cm³/mol. The maximum atomic E-state index is 11.0. The lowest BCUT2D eigenvalue weighted by atomic mass is 10.1. The van der Waals surface area contributed by atoms with Crippen LogP contribution in [0.5, 0.6) is 0 Å². The molecule has 1 aliphatic rings. The van der Waals surface area contributed by atoms with Gasteiger partial charge in [0.2, 0.25) is 0 Å². The van der Waals surface area contributed by atoms with E-state index < -0.39 is 5.97 Å². The molecular weight excluding hydrogens is 234 g/mol. The molecule has 0 aromatic heterocycles. The van der Waals surface area contributed by atoms with Gasteiger partial charge in [-0.15, -0.1) is 0 Å². The normalized spacial score (nSPS) is 23.6. The second-order valence-corrected chi connectivity index (χ2v) is 5.86. The molecule has 92 valence electrons. The summed E-state index contributed by atoms with van der Waals surface area (Å²) in [7, 11) is 0. The number of carbonyl (C=O) groups is 1. The molecule has 0 amide bonds. The molecule has 3 nitrogen and oxygen atoms in total. The second-order valence-electron chi connectivity index (χ2n) is 4.39. The standard InChI is InChI=1S/C13H17NO2S/c1-10-7-12(9-17-10)14(8-13(15)16)11-5-3-2-4-6-11/h2-6,10,12H,7-9H2,1H3,(H,15,16). The van der Waals surface area contributed by atoms with Crippen LogP contribution >= 0.6 is 11.8 Å². The van der Waals surface area contributed by atoms with Crippen molar-refractivity contribution in [3.8, 4) is 0 Å². The molecular formula is C13H17NO2S. The van der Waals surface area contributed by atoms with Gasteiger partial charge < -0.3 is 10.0 Å². The summed E-state index contributed by atoms with van der Waals surface area (Å²) in [5.41, 5.74) is 1.01. The molecule has 0 saturated carbocycles. The molecule has 0 radical (unpaired) electrons. The van der Waals surface area contributed by atoms with E-state index >= 15 is 0 Å². The Morgan fingerprint density at radius 3 is 2.71 bits per heavy atom. The third-order valence-corrected chi connectivity index (χ3v) is 4.35. The maximum absolute atomic E-state index is 11.0. The summed E-state index contributed by atoms with van der Waals surface area (Å²) in [6.45, 7) is 2.29. The van der Waals surface area contributed by atoms with Crippen LogP contribution in [0.15, 0.2) is 30.3 Å². The van der Waals surface area contributed by atoms with Crippen LogP contribution in [-0.2, 0) is 4.79 Å². The topological polar surface area (TPSA) is 40.5 Å². The van der Waals surface area contributed by atoms with Gasteiger partial charge in [-0.25, -0.2) is 0 Å². The minimum Gasteiger partial charge on any atom is -0.480 e. The summed E-state index contributed by atoms with van der Waals surface area (Å²) in [5.74, 6) is 0.252. The van der Waals surface area contributed by atoms with E-state index in [4.69, 9.17) is 5.11 Å². The fraction of sp³-hybridized carbons (Fsp3) is 0.462. The Labute approximate surface area is 106 Å². The van der Waals surface area contributed by atoms with Gasteiger partial charge in [0.25, 0.3) is 0 Å². The van der Waals surface area contributed by atoms with Gasteiger partial charge >= 0.3 is 5.97 Å². The monoisotopic (exact) mass is 251 g/mol. The molecule has 1 N–H and O–H groups in total. The first-order valence-electron chi connectivity index (χ1n) is 5.82. The lowest BCUT2D eigenvalue weighted by Crippen LogP contribution is -2.39. The van der Waals surface area contributed by atoms with Crippen LogP contribution in [0.3, 0.4) is 0 Å². The zero-order chi connectivity index (χ0) is 12.3. The van der Waals surface area contributed by atoms with Crippen molar-refractivity contribution >= 4 is 23.4 Å². The first-order chi connectivity index (χ1) is 8.16. The highest BCUT2D eigenvalue weighted by Gasteiger charge is 2.28. The third kappa shape index (κ3) is 3.16. The fourth-order valence-electron chi connectivity index (χ4n) is 2.21. The van der Waals surface area contributed by atoms with Gasteiger partial charge in [0, 0.05) is 22.7 Å². The molecule has 1 saturated heterocycles. The van der Waals surface area contributed by atoms with Gasteiger partial charge in [-0.1, -0.05) is 25.1 Å². The molecule has 4 heteroatoms. The highest BCUT2D eigenvalue weighted by Crippen LogP contribution is 2.31. The molecule has 1 fully saturated rings. The summed E-state index contributed by atoms with van der Waals surface area (Å²) >= 11 is 1.92. The number of para-hydroxylation sites is 1. The SMILES string of the molecule is CC1CC(N(CC(=O)O)c2ccccc2)CS1. The van der Waals surface area contributed by atoms with Crippen LogP contribution in [0.2, 0.25) is 0 Å². The van der Waals surface area contributed by atoms with Gasteiger partial charge in [0.1, 0.15) is 6.54 Å². The molecule has 2 unspecified atom stereocenters. The van der Waals surface area contributed by atoms with Crippen LogP contribution in [-0.4, -0.2) is 34.7 Å². The van der Waals surface area contributed by atoms with Gasteiger partial charge in [-0.2, -0.15) is 11.8 Å². The van der Waals surface area contributed by atoms with E-state index in [-0.39, 0.29) is 6.54 Å². The van der Waals surface area contributed by atoms with E-state index in [2.05, 4.69) is 6.92 Å². The minimum atomic E-state index is -0.765. The second kappa shape index (κ2) is 5.45. The Kier molecular flexibility index (Phi) is 3.94. The number of anilines is 1. The van der Waals surface area contributed by atoms with E-state index in [0.29, 0.717) is 11.3 Å². The number of carboxylic acid groups (broad SMARTS) is 1. The number of hydrogen-bond donors (Lipinski definition) is 1. The summed E-state index contributed by atoms with van der Waals surface area (Å²) in [5, 5.41) is 9.65. The predicted octanol–water partition coefficient (Wildman–Crippen LogP) is 2.47. The van der Waals surface area contributed by atoms with Crippen molar-refractivity contribution in [1.82, 2.24) is 0 Å². The Morgan fingerprint density at radius 2 is 2.18 bits per heavy atom. The van der Waals surface area contributed by atoms with E-state index in [1.54, 1.807) is 0 Å². The Bertz CT molecular complexity index is 382. The smallest absolute Gasteiger partial charge is 0.323 e. The highest BCUT2D eigenvalue weighted by molar-refractivity contribution is 8.00. The van der Waals surface area contributed by atoms with Gasteiger partial charge in [-0.05, 0) is 18.6 Å². The molecule has 0 bridgehead atoms. The Hall–Kier alpha value is -1.16. The summed E-state index contributed by atoms with van der Waals surface area (Å²) in [4.78, 5) is 13.0. The molecule has 0 aliphatic carbocycles. The molecule has 17 heavy (non-hydrogen) atoms. The molecule has 1 aromatic carbocycles. The summed E-state index contributed by atoms with van der Waals surface area (Å²) in [6, 6.07) is 10.2. The highest BCUT2D eigenvalue weighted by atomic mass is 32.2. The zero-order valence-corrected chi connectivity index (χ0v) is 10.7. The number of hydrogen-bond acceptors (Lipinski definition) is 3. The van der Waals surface area contributed by atoms with Crippen molar-refractivity contribution in [3.05, 3.63) is 30.3 Å². The van der Waals surface area contributed by atoms with Crippen LogP contribution < -0.4 is 4.90 Å². The van der Waals surface area contributed by atoms with E-state index in [1.165, 1.54) is 0 Å². The van der Waals surface area contributed by atoms with Crippen LogP contribution in [0.1, 0.15) is 13.3 Å². The van der Waals surface area contributed by atoms with Gasteiger partial charge in [0.15, 0.2) is 0 Å². The fourth-order valence-corrected chi connectivity index (χ4v) is 3.43. The zero-order valence-electron chi connectivity index (χ0n) is 9.87. The number of rotatable bonds is 4. The van der Waals surface area contributed by atoms with Crippen LogP contribution in [0.4, 0.5) is 5.69 Å². The number of thioether (sulfide) groups is 1. The lowest BCUT2D eigenvalue weighted by Gasteiger charge is -2.29. The summed E-state index contributed by atoms with van der Waals surface area (Å²) in [6.07, 6.45) is 1.06. The van der Waals surface area contributed by atoms with Crippen molar-refractivity contribution in [3.63, 3.8) is 0 Å². The molecule has 1 aromatic rings. The van der Waals surface area contributed by atoms with Gasteiger partial charge in [-0.3, -0.25) is 4.79 Å². The quantitative estimate of drug-likeness (QED) is 0.892. The van der Waals surface area contributed by atoms with E-state index in [1.807, 2.05) is 47.0 Å². The van der Waals surface area contributed by atoms with Crippen molar-refractivity contribution in [1.29, 1.82) is 0 Å². The van der Waals surface area contributed by atoms with E-state index in [9.17, 15) is 4.79 Å². The average Bonchev–Trinajstić information content (AvgIpc) is 2.73. The van der Waals surface area contributed by atoms with Crippen molar-refractivity contribution < 1.29 is 9.90 Å². The van der Waals surface area contributed by atoms with Crippen molar-refractivity contribution in [2.45, 2.75) is 24.6 Å². The van der Waals surface area contributed by atoms with Gasteiger partial charge in [0.05, 0.1) is 0 Å². The average molecular weight is 251 g/mol. The molecule has 0 spiro atoms. The Morgan fingerprint density at radius 1 is 1.47 bits per heavy atom. The molecule has 2 rings (SSSR count). The van der Waals surface area contributed by atoms with Crippen LogP contribution in [0, 0.1) is 0 Å². The first kappa shape index (κ1) is 12.3. The van der Waals surface area contributed by atoms with E-state index in [0.717, 1.165) is 17.9 Å². The first-order valence-corrected chi connectivity index (χ1v) is 6.87. The molecule has 1 aliphatic heterocycles. The van der Waals surface area contributed by atoms with Crippen molar-refractivity contribution in [2.75, 3.05) is 17.2 Å². The number of aliphatic carboxylic acids is 1. The molecule has 2 atom stereocenters. The Balaban J connectivity index is 2.16. The summed E-state index contributed by atoms with van der Waals surface area (Å²) < 4.78 is 0.